The van der Waals surface area contributed by atoms with Crippen LogP contribution in [0.5, 0.6) is 5.75 Å². The van der Waals surface area contributed by atoms with Crippen LogP contribution < -0.4 is 0 Å². The Labute approximate surface area is 91.2 Å². The molecule has 50 valence electrons. The van der Waals surface area contributed by atoms with Crippen LogP contribution in [0, 0.1) is 0 Å². The van der Waals surface area contributed by atoms with E-state index >= 15 is 0 Å². The first kappa shape index (κ1) is 10.6. The molecule has 1 N–H and O–H groups in total. The summed E-state index contributed by atoms with van der Waals surface area (Å²) in [6, 6.07) is 4.51. The molecule has 4 heteroatoms. The van der Waals surface area contributed by atoms with Gasteiger partial charge in [-0.05, 0) is 18.2 Å². The molecule has 10 heavy (non-hydrogen) atoms. The first-order valence-electron chi connectivity index (χ1n) is 2.34. The Kier molecular flexibility index (Phi) is 4.74. The molecule has 0 saturated carbocycles. The molecular formula is C6H5Cl2NaO. The van der Waals surface area contributed by atoms with Crippen molar-refractivity contribution < 1.29 is 5.11 Å². The summed E-state index contributed by atoms with van der Waals surface area (Å²) in [5.74, 6) is 0.0565. The van der Waals surface area contributed by atoms with E-state index < -0.39 is 0 Å². The van der Waals surface area contributed by atoms with Gasteiger partial charge in [0, 0.05) is 5.02 Å². The van der Waals surface area contributed by atoms with Crippen molar-refractivity contribution in [2.45, 2.75) is 0 Å². The Morgan fingerprint density at radius 2 is 1.80 bits per heavy atom. The Morgan fingerprint density at radius 3 is 2.20 bits per heavy atom. The van der Waals surface area contributed by atoms with E-state index in [4.69, 9.17) is 28.3 Å². The van der Waals surface area contributed by atoms with Crippen molar-refractivity contribution in [1.29, 1.82) is 0 Å². The van der Waals surface area contributed by atoms with Crippen LogP contribution in [0.4, 0.5) is 0 Å². The fourth-order valence-electron chi connectivity index (χ4n) is 0.481. The van der Waals surface area contributed by atoms with Crippen LogP contribution in [0.1, 0.15) is 0 Å². The standard InChI is InChI=1S/C6H4Cl2O.Na.H/c7-4-1-2-6(9)5(8)3-4;;/h1-3,9H;;. The fourth-order valence-corrected chi connectivity index (χ4v) is 0.890. The topological polar surface area (TPSA) is 20.2 Å². The maximum absolute atomic E-state index is 8.85. The van der Waals surface area contributed by atoms with Crippen LogP contribution in [-0.2, 0) is 0 Å². The summed E-state index contributed by atoms with van der Waals surface area (Å²) in [6.45, 7) is 0. The van der Waals surface area contributed by atoms with Gasteiger partial charge in [-0.1, -0.05) is 23.2 Å². The molecule has 0 bridgehead atoms. The summed E-state index contributed by atoms with van der Waals surface area (Å²) in [5.41, 5.74) is 0. The van der Waals surface area contributed by atoms with Crippen LogP contribution in [0.15, 0.2) is 18.2 Å². The second kappa shape index (κ2) is 4.47. The zero-order chi connectivity index (χ0) is 6.85. The second-order valence-electron chi connectivity index (χ2n) is 1.60. The number of hydrogen-bond donors (Lipinski definition) is 1. The Bertz CT molecular complexity index is 227. The normalized spacial score (nSPS) is 8.60. The van der Waals surface area contributed by atoms with Crippen LogP contribution in [0.2, 0.25) is 10.0 Å². The van der Waals surface area contributed by atoms with E-state index in [-0.39, 0.29) is 40.3 Å². The third-order valence-electron chi connectivity index (χ3n) is 0.910. The summed E-state index contributed by atoms with van der Waals surface area (Å²) >= 11 is 11.0. The van der Waals surface area contributed by atoms with Gasteiger partial charge in [0.25, 0.3) is 0 Å². The molecule has 0 heterocycles. The molecule has 0 aliphatic rings. The number of rotatable bonds is 0. The minimum atomic E-state index is 0. The molecule has 0 fully saturated rings. The van der Waals surface area contributed by atoms with E-state index in [1.165, 1.54) is 12.1 Å². The molecule has 1 nitrogen and oxygen atoms in total. The van der Waals surface area contributed by atoms with Crippen molar-refractivity contribution in [1.82, 2.24) is 0 Å². The first-order valence-corrected chi connectivity index (χ1v) is 3.10. The third-order valence-corrected chi connectivity index (χ3v) is 1.45. The van der Waals surface area contributed by atoms with Gasteiger partial charge < -0.3 is 5.11 Å². The molecule has 1 rings (SSSR count). The van der Waals surface area contributed by atoms with Gasteiger partial charge in [0.05, 0.1) is 5.02 Å². The van der Waals surface area contributed by atoms with Crippen molar-refractivity contribution in [3.05, 3.63) is 28.2 Å². The number of hydrogen-bond acceptors (Lipinski definition) is 1. The Hall–Kier alpha value is 0.600. The van der Waals surface area contributed by atoms with Gasteiger partial charge in [-0.15, -0.1) is 0 Å². The molecular weight excluding hydrogens is 182 g/mol. The number of halogens is 2. The minimum absolute atomic E-state index is 0. The summed E-state index contributed by atoms with van der Waals surface area (Å²) in [6.07, 6.45) is 0. The predicted octanol–water partition coefficient (Wildman–Crippen LogP) is 2.05. The molecule has 1 aromatic carbocycles. The van der Waals surface area contributed by atoms with Crippen molar-refractivity contribution in [3.8, 4) is 5.75 Å². The predicted molar refractivity (Wildman–Crippen MR) is 45.3 cm³/mol. The summed E-state index contributed by atoms with van der Waals surface area (Å²) < 4.78 is 0. The van der Waals surface area contributed by atoms with Crippen LogP contribution in [0.3, 0.4) is 0 Å². The summed E-state index contributed by atoms with van der Waals surface area (Å²) in [4.78, 5) is 0. The number of benzene rings is 1. The molecule has 0 amide bonds. The van der Waals surface area contributed by atoms with E-state index in [2.05, 4.69) is 0 Å². The monoisotopic (exact) mass is 186 g/mol. The zero-order valence-corrected chi connectivity index (χ0v) is 5.95. The molecule has 1 aromatic rings. The Morgan fingerprint density at radius 1 is 1.20 bits per heavy atom. The van der Waals surface area contributed by atoms with Crippen molar-refractivity contribution in [3.63, 3.8) is 0 Å². The third kappa shape index (κ3) is 2.69. The molecule has 0 aliphatic heterocycles. The van der Waals surface area contributed by atoms with Gasteiger partial charge in [-0.25, -0.2) is 0 Å². The summed E-state index contributed by atoms with van der Waals surface area (Å²) in [7, 11) is 0. The van der Waals surface area contributed by atoms with Gasteiger partial charge in [0.15, 0.2) is 0 Å². The van der Waals surface area contributed by atoms with Crippen molar-refractivity contribution >= 4 is 52.8 Å². The van der Waals surface area contributed by atoms with E-state index in [0.717, 1.165) is 0 Å². The average Bonchev–Trinajstić information content (AvgIpc) is 1.80. The van der Waals surface area contributed by atoms with Gasteiger partial charge in [0.1, 0.15) is 5.75 Å². The van der Waals surface area contributed by atoms with Gasteiger partial charge in [-0.2, -0.15) is 0 Å². The molecule has 0 unspecified atom stereocenters. The Balaban J connectivity index is 0.000000810. The molecule has 0 aromatic heterocycles. The van der Waals surface area contributed by atoms with Gasteiger partial charge in [-0.3, -0.25) is 0 Å². The number of phenolic OH excluding ortho intramolecular Hbond substituents is 1. The quantitative estimate of drug-likeness (QED) is 0.616. The first-order chi connectivity index (χ1) is 4.20. The second-order valence-corrected chi connectivity index (χ2v) is 2.44. The molecule has 0 radical (unpaired) electrons. The van der Waals surface area contributed by atoms with Crippen molar-refractivity contribution in [2.75, 3.05) is 0 Å². The van der Waals surface area contributed by atoms with Gasteiger partial charge in [0.2, 0.25) is 0 Å². The van der Waals surface area contributed by atoms with Crippen LogP contribution in [0.25, 0.3) is 0 Å². The molecule has 0 spiro atoms. The maximum atomic E-state index is 8.85. The average molecular weight is 187 g/mol. The zero-order valence-electron chi connectivity index (χ0n) is 4.44. The van der Waals surface area contributed by atoms with E-state index in [1.807, 2.05) is 0 Å². The molecule has 0 aliphatic carbocycles. The van der Waals surface area contributed by atoms with Gasteiger partial charge >= 0.3 is 29.6 Å². The van der Waals surface area contributed by atoms with E-state index in [9.17, 15) is 0 Å². The van der Waals surface area contributed by atoms with Crippen LogP contribution in [-0.4, -0.2) is 34.7 Å². The molecule has 0 saturated heterocycles. The fraction of sp³-hybridized carbons (Fsp3) is 0. The number of aromatic hydroxyl groups is 1. The molecule has 0 atom stereocenters. The van der Waals surface area contributed by atoms with E-state index in [1.54, 1.807) is 6.07 Å². The summed E-state index contributed by atoms with van der Waals surface area (Å²) in [5, 5.41) is 9.66. The van der Waals surface area contributed by atoms with Crippen LogP contribution >= 0.6 is 23.2 Å². The number of phenols is 1. The SMILES string of the molecule is Oc1ccc(Cl)cc1Cl.[NaH]. The van der Waals surface area contributed by atoms with Crippen molar-refractivity contribution in [2.24, 2.45) is 0 Å². The van der Waals surface area contributed by atoms with E-state index in [0.29, 0.717) is 5.02 Å².